The van der Waals surface area contributed by atoms with E-state index in [4.69, 9.17) is 15.2 Å². The van der Waals surface area contributed by atoms with Crippen LogP contribution in [0.4, 0.5) is 5.69 Å². The van der Waals surface area contributed by atoms with Crippen molar-refractivity contribution in [2.75, 3.05) is 26.1 Å². The highest BCUT2D eigenvalue weighted by molar-refractivity contribution is 5.64. The predicted molar refractivity (Wildman–Crippen MR) is 73.5 cm³/mol. The zero-order valence-electron chi connectivity index (χ0n) is 11.3. The first kappa shape index (κ1) is 13.0. The fraction of sp³-hybridized carbons (Fsp3) is 0.571. The Morgan fingerprint density at radius 2 is 2.00 bits per heavy atom. The van der Waals surface area contributed by atoms with Crippen molar-refractivity contribution in [2.45, 2.75) is 25.8 Å². The number of nitrogens with one attached hydrogen (secondary N) is 1. The zero-order chi connectivity index (χ0) is 13.1. The van der Waals surface area contributed by atoms with Gasteiger partial charge in [-0.3, -0.25) is 0 Å². The minimum atomic E-state index is 0.399. The monoisotopic (exact) mass is 250 g/mol. The lowest BCUT2D eigenvalue weighted by Crippen LogP contribution is -2.39. The molecule has 0 aromatic heterocycles. The molecule has 0 saturated heterocycles. The Morgan fingerprint density at radius 1 is 1.28 bits per heavy atom. The molecule has 4 heteroatoms. The van der Waals surface area contributed by atoms with Crippen LogP contribution in [0.25, 0.3) is 0 Å². The molecule has 0 aliphatic heterocycles. The molecule has 0 unspecified atom stereocenters. The molecule has 1 aliphatic rings. The van der Waals surface area contributed by atoms with Gasteiger partial charge in [-0.15, -0.1) is 0 Å². The molecule has 0 amide bonds. The van der Waals surface area contributed by atoms with E-state index in [1.807, 2.05) is 12.1 Å². The van der Waals surface area contributed by atoms with Gasteiger partial charge in [0.1, 0.15) is 11.5 Å². The van der Waals surface area contributed by atoms with Gasteiger partial charge in [-0.2, -0.15) is 0 Å². The van der Waals surface area contributed by atoms with Crippen LogP contribution in [0.15, 0.2) is 12.1 Å². The van der Waals surface area contributed by atoms with E-state index in [1.165, 1.54) is 0 Å². The van der Waals surface area contributed by atoms with Crippen LogP contribution >= 0.6 is 0 Å². The third-order valence-corrected chi connectivity index (χ3v) is 3.57. The van der Waals surface area contributed by atoms with E-state index in [9.17, 15) is 0 Å². The smallest absolute Gasteiger partial charge is 0.145 e. The van der Waals surface area contributed by atoms with Crippen molar-refractivity contribution < 1.29 is 9.47 Å². The fourth-order valence-electron chi connectivity index (χ4n) is 2.43. The van der Waals surface area contributed by atoms with Crippen molar-refractivity contribution in [3.63, 3.8) is 0 Å². The first-order valence-electron chi connectivity index (χ1n) is 6.36. The lowest BCUT2D eigenvalue weighted by molar-refractivity contribution is 0.279. The molecule has 3 N–H and O–H groups in total. The summed E-state index contributed by atoms with van der Waals surface area (Å²) >= 11 is 0. The molecule has 100 valence electrons. The summed E-state index contributed by atoms with van der Waals surface area (Å²) in [5, 5.41) is 3.47. The van der Waals surface area contributed by atoms with E-state index in [-0.39, 0.29) is 0 Å². The summed E-state index contributed by atoms with van der Waals surface area (Å²) in [7, 11) is 3.34. The molecule has 4 nitrogen and oxygen atoms in total. The predicted octanol–water partition coefficient (Wildman–Crippen LogP) is 2.16. The molecule has 0 spiro atoms. The van der Waals surface area contributed by atoms with Gasteiger partial charge in [0.05, 0.1) is 19.9 Å². The topological polar surface area (TPSA) is 56.5 Å². The van der Waals surface area contributed by atoms with E-state index in [2.05, 4.69) is 12.2 Å². The SMILES string of the molecule is COc1cc(C)c(NCC2CC(N)C2)c(OC)c1. The summed E-state index contributed by atoms with van der Waals surface area (Å²) in [6, 6.07) is 4.31. The molecule has 1 aromatic rings. The van der Waals surface area contributed by atoms with Crippen LogP contribution in [0.5, 0.6) is 11.5 Å². The second-order valence-corrected chi connectivity index (χ2v) is 5.00. The van der Waals surface area contributed by atoms with Gasteiger partial charge >= 0.3 is 0 Å². The lowest BCUT2D eigenvalue weighted by Gasteiger charge is -2.33. The first-order valence-corrected chi connectivity index (χ1v) is 6.36. The third kappa shape index (κ3) is 2.70. The molecule has 1 fully saturated rings. The maximum Gasteiger partial charge on any atom is 0.145 e. The van der Waals surface area contributed by atoms with Crippen LogP contribution in [0.2, 0.25) is 0 Å². The minimum absolute atomic E-state index is 0.399. The molecule has 1 saturated carbocycles. The number of hydrogen-bond acceptors (Lipinski definition) is 4. The van der Waals surface area contributed by atoms with Gasteiger partial charge < -0.3 is 20.5 Å². The highest BCUT2D eigenvalue weighted by Gasteiger charge is 2.25. The van der Waals surface area contributed by atoms with Gasteiger partial charge in [0.2, 0.25) is 0 Å². The van der Waals surface area contributed by atoms with Gasteiger partial charge in [-0.1, -0.05) is 0 Å². The average Bonchev–Trinajstić information content (AvgIpc) is 2.33. The zero-order valence-corrected chi connectivity index (χ0v) is 11.3. The normalized spacial score (nSPS) is 22.2. The highest BCUT2D eigenvalue weighted by atomic mass is 16.5. The van der Waals surface area contributed by atoms with Crippen LogP contribution in [-0.4, -0.2) is 26.8 Å². The van der Waals surface area contributed by atoms with Crippen molar-refractivity contribution in [1.29, 1.82) is 0 Å². The van der Waals surface area contributed by atoms with Crippen LogP contribution in [0.3, 0.4) is 0 Å². The van der Waals surface area contributed by atoms with Crippen LogP contribution in [-0.2, 0) is 0 Å². The summed E-state index contributed by atoms with van der Waals surface area (Å²) in [6.45, 7) is 3.01. The standard InChI is InChI=1S/C14H22N2O2/c1-9-4-12(17-2)7-13(18-3)14(9)16-8-10-5-11(15)6-10/h4,7,10-11,16H,5-6,8,15H2,1-3H3. The van der Waals surface area contributed by atoms with Crippen molar-refractivity contribution in [1.82, 2.24) is 0 Å². The Labute approximate surface area is 108 Å². The van der Waals surface area contributed by atoms with E-state index >= 15 is 0 Å². The lowest BCUT2D eigenvalue weighted by atomic mass is 9.81. The van der Waals surface area contributed by atoms with E-state index < -0.39 is 0 Å². The van der Waals surface area contributed by atoms with Gasteiger partial charge in [0, 0.05) is 18.7 Å². The number of anilines is 1. The molecule has 0 atom stereocenters. The van der Waals surface area contributed by atoms with Crippen LogP contribution in [0, 0.1) is 12.8 Å². The van der Waals surface area contributed by atoms with Crippen molar-refractivity contribution >= 4 is 5.69 Å². The Balaban J connectivity index is 2.06. The Morgan fingerprint density at radius 3 is 2.56 bits per heavy atom. The molecular weight excluding hydrogens is 228 g/mol. The van der Waals surface area contributed by atoms with Gasteiger partial charge in [0.25, 0.3) is 0 Å². The Kier molecular flexibility index (Phi) is 3.97. The molecular formula is C14H22N2O2. The van der Waals surface area contributed by atoms with Crippen molar-refractivity contribution in [2.24, 2.45) is 11.7 Å². The average molecular weight is 250 g/mol. The molecule has 18 heavy (non-hydrogen) atoms. The van der Waals surface area contributed by atoms with E-state index in [0.717, 1.165) is 42.1 Å². The van der Waals surface area contributed by atoms with Crippen molar-refractivity contribution in [3.8, 4) is 11.5 Å². The molecule has 1 aromatic carbocycles. The van der Waals surface area contributed by atoms with E-state index in [1.54, 1.807) is 14.2 Å². The summed E-state index contributed by atoms with van der Waals surface area (Å²) in [5.41, 5.74) is 7.98. The molecule has 0 radical (unpaired) electrons. The third-order valence-electron chi connectivity index (χ3n) is 3.57. The fourth-order valence-corrected chi connectivity index (χ4v) is 2.43. The second kappa shape index (κ2) is 5.48. The van der Waals surface area contributed by atoms with E-state index in [0.29, 0.717) is 12.0 Å². The number of aryl methyl sites for hydroxylation is 1. The van der Waals surface area contributed by atoms with Gasteiger partial charge in [-0.25, -0.2) is 0 Å². The number of rotatable bonds is 5. The molecule has 0 bridgehead atoms. The maximum atomic E-state index is 5.79. The molecule has 1 aliphatic carbocycles. The summed E-state index contributed by atoms with van der Waals surface area (Å²) in [6.07, 6.45) is 2.23. The number of nitrogens with two attached hydrogens (primary N) is 1. The van der Waals surface area contributed by atoms with Crippen LogP contribution in [0.1, 0.15) is 18.4 Å². The first-order chi connectivity index (χ1) is 8.63. The Bertz CT molecular complexity index is 415. The number of benzene rings is 1. The second-order valence-electron chi connectivity index (χ2n) is 5.00. The Hall–Kier alpha value is -1.42. The quantitative estimate of drug-likeness (QED) is 0.841. The largest absolute Gasteiger partial charge is 0.497 e. The highest BCUT2D eigenvalue weighted by Crippen LogP contribution is 2.34. The minimum Gasteiger partial charge on any atom is -0.497 e. The van der Waals surface area contributed by atoms with Crippen LogP contribution < -0.4 is 20.5 Å². The van der Waals surface area contributed by atoms with Crippen molar-refractivity contribution in [3.05, 3.63) is 17.7 Å². The summed E-state index contributed by atoms with van der Waals surface area (Å²) < 4.78 is 10.6. The molecule has 2 rings (SSSR count). The van der Waals surface area contributed by atoms with Gasteiger partial charge in [0.15, 0.2) is 0 Å². The maximum absolute atomic E-state index is 5.79. The summed E-state index contributed by atoms with van der Waals surface area (Å²) in [4.78, 5) is 0. The molecule has 0 heterocycles. The number of hydrogen-bond donors (Lipinski definition) is 2. The summed E-state index contributed by atoms with van der Waals surface area (Å²) in [5.74, 6) is 2.34. The van der Waals surface area contributed by atoms with Gasteiger partial charge in [-0.05, 0) is 37.3 Å². The number of ether oxygens (including phenoxy) is 2. The number of methoxy groups -OCH3 is 2.